The number of aryl methyl sites for hydroxylation is 1. The van der Waals surface area contributed by atoms with Gasteiger partial charge in [-0.3, -0.25) is 4.79 Å². The fraction of sp³-hybridized carbons (Fsp3) is 0.278. The molecule has 1 aliphatic rings. The lowest BCUT2D eigenvalue weighted by Gasteiger charge is -2.03. The number of hydrogen-bond donors (Lipinski definition) is 0. The molecule has 25 heavy (non-hydrogen) atoms. The van der Waals surface area contributed by atoms with Gasteiger partial charge >= 0.3 is 0 Å². The van der Waals surface area contributed by atoms with E-state index in [1.165, 1.54) is 16.7 Å². The highest BCUT2D eigenvalue weighted by Gasteiger charge is 2.45. The van der Waals surface area contributed by atoms with Crippen molar-refractivity contribution in [2.75, 3.05) is 0 Å². The van der Waals surface area contributed by atoms with E-state index in [0.717, 1.165) is 11.8 Å². The molecule has 0 spiro atoms. The van der Waals surface area contributed by atoms with Gasteiger partial charge in [0.2, 0.25) is 11.7 Å². The fourth-order valence-corrected chi connectivity index (χ4v) is 3.01. The van der Waals surface area contributed by atoms with Crippen LogP contribution in [0.1, 0.15) is 35.4 Å². The maximum absolute atomic E-state index is 13.9. The molecule has 1 fully saturated rings. The Labute approximate surface area is 141 Å². The summed E-state index contributed by atoms with van der Waals surface area (Å²) in [5.74, 6) is -0.814. The van der Waals surface area contributed by atoms with Crippen LogP contribution in [0.25, 0.3) is 11.4 Å². The maximum atomic E-state index is 13.9. The average Bonchev–Trinajstić information content (AvgIpc) is 3.21. The highest BCUT2D eigenvalue weighted by Crippen LogP contribution is 2.54. The van der Waals surface area contributed by atoms with Gasteiger partial charge in [0, 0.05) is 24.7 Å². The van der Waals surface area contributed by atoms with E-state index in [1.807, 2.05) is 6.92 Å². The third kappa shape index (κ3) is 2.65. The number of aromatic nitrogens is 3. The largest absolute Gasteiger partial charge is 0.339 e. The van der Waals surface area contributed by atoms with Crippen molar-refractivity contribution in [3.63, 3.8) is 0 Å². The van der Waals surface area contributed by atoms with Crippen molar-refractivity contribution in [2.24, 2.45) is 7.05 Å². The predicted molar refractivity (Wildman–Crippen MR) is 86.2 cm³/mol. The molecule has 2 aromatic heterocycles. The molecule has 0 saturated heterocycles. The quantitative estimate of drug-likeness (QED) is 0.732. The molecule has 0 N–H and O–H groups in total. The number of hydrogen-bond acceptors (Lipinski definition) is 4. The third-order valence-electron chi connectivity index (χ3n) is 4.71. The second kappa shape index (κ2) is 5.61. The first-order valence-corrected chi connectivity index (χ1v) is 7.91. The van der Waals surface area contributed by atoms with Crippen molar-refractivity contribution in [1.29, 1.82) is 0 Å². The SMILES string of the molecule is Cc1ccc(-c2noc([C@@H]3C[C@H]3c3ccc(F)cc3F)n2)c(=O)n1C. The Morgan fingerprint density at radius 1 is 1.20 bits per heavy atom. The molecule has 0 amide bonds. The van der Waals surface area contributed by atoms with Gasteiger partial charge in [-0.2, -0.15) is 4.98 Å². The van der Waals surface area contributed by atoms with E-state index in [9.17, 15) is 13.6 Å². The van der Waals surface area contributed by atoms with Crippen molar-refractivity contribution in [3.05, 3.63) is 69.5 Å². The zero-order chi connectivity index (χ0) is 17.7. The van der Waals surface area contributed by atoms with Crippen LogP contribution in [0, 0.1) is 18.6 Å². The predicted octanol–water partition coefficient (Wildman–Crippen LogP) is 3.29. The molecule has 1 aliphatic carbocycles. The molecule has 1 saturated carbocycles. The number of rotatable bonds is 3. The van der Waals surface area contributed by atoms with E-state index in [4.69, 9.17) is 4.52 Å². The molecule has 4 rings (SSSR count). The average molecular weight is 343 g/mol. The van der Waals surface area contributed by atoms with Crippen LogP contribution in [-0.2, 0) is 7.05 Å². The van der Waals surface area contributed by atoms with E-state index in [1.54, 1.807) is 19.2 Å². The molecule has 0 bridgehead atoms. The summed E-state index contributed by atoms with van der Waals surface area (Å²) in [6.07, 6.45) is 0.649. The number of pyridine rings is 1. The molecule has 1 aromatic carbocycles. The van der Waals surface area contributed by atoms with Crippen molar-refractivity contribution < 1.29 is 13.3 Å². The first-order valence-electron chi connectivity index (χ1n) is 7.91. The molecule has 3 aromatic rings. The lowest BCUT2D eigenvalue weighted by Crippen LogP contribution is -2.20. The number of benzene rings is 1. The first-order chi connectivity index (χ1) is 12.0. The van der Waals surface area contributed by atoms with E-state index < -0.39 is 11.6 Å². The summed E-state index contributed by atoms with van der Waals surface area (Å²) in [6, 6.07) is 7.03. The standard InChI is InChI=1S/C18H15F2N3O2/c1-9-3-5-12(18(24)23(9)2)16-21-17(25-22-16)14-8-13(14)11-6-4-10(19)7-15(11)20/h3-7,13-14H,8H2,1-2H3/t13-,14+/m0/s1. The Balaban J connectivity index is 1.61. The van der Waals surface area contributed by atoms with Crippen molar-refractivity contribution >= 4 is 0 Å². The minimum atomic E-state index is -0.603. The van der Waals surface area contributed by atoms with Crippen molar-refractivity contribution in [3.8, 4) is 11.4 Å². The summed E-state index contributed by atoms with van der Waals surface area (Å²) in [4.78, 5) is 16.6. The van der Waals surface area contributed by atoms with Crippen LogP contribution in [-0.4, -0.2) is 14.7 Å². The molecule has 128 valence electrons. The molecule has 0 unspecified atom stereocenters. The molecular weight excluding hydrogens is 328 g/mol. The Bertz CT molecular complexity index is 1030. The van der Waals surface area contributed by atoms with Gasteiger partial charge < -0.3 is 9.09 Å². The minimum Gasteiger partial charge on any atom is -0.339 e. The molecule has 0 radical (unpaired) electrons. The van der Waals surface area contributed by atoms with E-state index in [0.29, 0.717) is 23.4 Å². The van der Waals surface area contributed by atoms with Crippen LogP contribution < -0.4 is 5.56 Å². The second-order valence-corrected chi connectivity index (χ2v) is 6.32. The minimum absolute atomic E-state index is 0.115. The van der Waals surface area contributed by atoms with Crippen LogP contribution in [0.15, 0.2) is 39.6 Å². The van der Waals surface area contributed by atoms with Crippen LogP contribution in [0.4, 0.5) is 8.78 Å². The summed E-state index contributed by atoms with van der Waals surface area (Å²) in [7, 11) is 1.68. The van der Waals surface area contributed by atoms with E-state index in [-0.39, 0.29) is 23.2 Å². The highest BCUT2D eigenvalue weighted by atomic mass is 19.1. The molecule has 0 aliphatic heterocycles. The molecular formula is C18H15F2N3O2. The van der Waals surface area contributed by atoms with Gasteiger partial charge in [0.15, 0.2) is 0 Å². The summed E-state index contributed by atoms with van der Waals surface area (Å²) < 4.78 is 33.7. The van der Waals surface area contributed by atoms with Gasteiger partial charge in [-0.25, -0.2) is 8.78 Å². The van der Waals surface area contributed by atoms with Crippen molar-refractivity contribution in [1.82, 2.24) is 14.7 Å². The fourth-order valence-electron chi connectivity index (χ4n) is 3.01. The number of nitrogens with zero attached hydrogens (tertiary/aromatic N) is 3. The van der Waals surface area contributed by atoms with Crippen LogP contribution in [0.5, 0.6) is 0 Å². The highest BCUT2D eigenvalue weighted by molar-refractivity contribution is 5.53. The Kier molecular flexibility index (Phi) is 3.52. The topological polar surface area (TPSA) is 60.9 Å². The van der Waals surface area contributed by atoms with Crippen molar-refractivity contribution in [2.45, 2.75) is 25.2 Å². The second-order valence-electron chi connectivity index (χ2n) is 6.32. The van der Waals surface area contributed by atoms with Crippen LogP contribution >= 0.6 is 0 Å². The monoisotopic (exact) mass is 343 g/mol. The van der Waals surface area contributed by atoms with E-state index in [2.05, 4.69) is 10.1 Å². The van der Waals surface area contributed by atoms with Gasteiger partial charge in [-0.05, 0) is 43.0 Å². The molecule has 2 atom stereocenters. The van der Waals surface area contributed by atoms with Gasteiger partial charge in [0.25, 0.3) is 5.56 Å². The van der Waals surface area contributed by atoms with Gasteiger partial charge in [-0.15, -0.1) is 0 Å². The summed E-state index contributed by atoms with van der Waals surface area (Å²) >= 11 is 0. The Morgan fingerprint density at radius 3 is 2.76 bits per heavy atom. The molecule has 2 heterocycles. The molecule has 7 heteroatoms. The Morgan fingerprint density at radius 2 is 2.00 bits per heavy atom. The lowest BCUT2D eigenvalue weighted by molar-refractivity contribution is 0.378. The van der Waals surface area contributed by atoms with E-state index >= 15 is 0 Å². The van der Waals surface area contributed by atoms with Crippen LogP contribution in [0.3, 0.4) is 0 Å². The van der Waals surface area contributed by atoms with Crippen LogP contribution in [0.2, 0.25) is 0 Å². The summed E-state index contributed by atoms with van der Waals surface area (Å²) in [5.41, 5.74) is 1.42. The molecule has 5 nitrogen and oxygen atoms in total. The zero-order valence-corrected chi connectivity index (χ0v) is 13.7. The van der Waals surface area contributed by atoms with Gasteiger partial charge in [-0.1, -0.05) is 11.2 Å². The summed E-state index contributed by atoms with van der Waals surface area (Å²) in [6.45, 7) is 1.83. The van der Waals surface area contributed by atoms with Gasteiger partial charge in [0.05, 0.1) is 5.56 Å². The first kappa shape index (κ1) is 15.7. The zero-order valence-electron chi connectivity index (χ0n) is 13.7. The van der Waals surface area contributed by atoms with Gasteiger partial charge in [0.1, 0.15) is 11.6 Å². The lowest BCUT2D eigenvalue weighted by atomic mass is 10.1. The number of halogens is 2. The Hall–Kier alpha value is -2.83. The third-order valence-corrected chi connectivity index (χ3v) is 4.71. The smallest absolute Gasteiger partial charge is 0.261 e. The summed E-state index contributed by atoms with van der Waals surface area (Å²) in [5, 5.41) is 3.89. The maximum Gasteiger partial charge on any atom is 0.261 e. The normalized spacial score (nSPS) is 19.2.